The molecule has 0 atom stereocenters. The maximum Gasteiger partial charge on any atom is 0.183 e. The van der Waals surface area contributed by atoms with E-state index in [1.165, 1.54) is 43.0 Å². The first-order valence-electron chi connectivity index (χ1n) is 6.67. The van der Waals surface area contributed by atoms with E-state index in [1.807, 2.05) is 24.6 Å². The minimum Gasteiger partial charge on any atom is -0.271 e. The molecule has 4 heteroatoms. The zero-order chi connectivity index (χ0) is 13.9. The van der Waals surface area contributed by atoms with Crippen LogP contribution in [0.2, 0.25) is 0 Å². The largest absolute Gasteiger partial charge is 0.271 e. The molecule has 0 bridgehead atoms. The summed E-state index contributed by atoms with van der Waals surface area (Å²) in [5, 5.41) is 11.8. The van der Waals surface area contributed by atoms with Gasteiger partial charge < -0.3 is 0 Å². The van der Waals surface area contributed by atoms with Gasteiger partial charge in [0.25, 0.3) is 0 Å². The van der Waals surface area contributed by atoms with Crippen LogP contribution < -0.4 is 5.32 Å². The van der Waals surface area contributed by atoms with Gasteiger partial charge in [-0.05, 0) is 36.8 Å². The van der Waals surface area contributed by atoms with E-state index in [4.69, 9.17) is 5.26 Å². The number of amidine groups is 1. The molecule has 1 rings (SSSR count). The Kier molecular flexibility index (Phi) is 7.76. The zero-order valence-electron chi connectivity index (χ0n) is 11.6. The Labute approximate surface area is 120 Å². The van der Waals surface area contributed by atoms with Gasteiger partial charge in [0.2, 0.25) is 0 Å². The number of nitrogens with zero attached hydrogens (tertiary/aromatic N) is 2. The maximum atomic E-state index is 8.58. The average Bonchev–Trinajstić information content (AvgIpc) is 2.45. The van der Waals surface area contributed by atoms with Gasteiger partial charge in [0.05, 0.1) is 5.69 Å². The second-order valence-corrected chi connectivity index (χ2v) is 5.13. The first kappa shape index (κ1) is 15.6. The molecule has 1 aromatic carbocycles. The molecule has 0 saturated heterocycles. The van der Waals surface area contributed by atoms with Gasteiger partial charge in [0, 0.05) is 0 Å². The normalized spacial score (nSPS) is 11.1. The Morgan fingerprint density at radius 2 is 2.00 bits per heavy atom. The first-order valence-corrected chi connectivity index (χ1v) is 7.89. The Morgan fingerprint density at radius 3 is 2.58 bits per heavy atom. The molecule has 102 valence electrons. The summed E-state index contributed by atoms with van der Waals surface area (Å²) < 4.78 is 0. The molecule has 3 nitrogen and oxygen atoms in total. The second kappa shape index (κ2) is 9.46. The molecule has 1 N–H and O–H groups in total. The molecule has 19 heavy (non-hydrogen) atoms. The minimum absolute atomic E-state index is 0.623. The van der Waals surface area contributed by atoms with E-state index in [-0.39, 0.29) is 0 Å². The highest BCUT2D eigenvalue weighted by Gasteiger charge is 1.97. The molecule has 1 aromatic rings. The van der Waals surface area contributed by atoms with Crippen LogP contribution in [0.3, 0.4) is 0 Å². The first-order chi connectivity index (χ1) is 9.30. The van der Waals surface area contributed by atoms with Crippen LogP contribution in [-0.4, -0.2) is 11.4 Å². The molecule has 0 amide bonds. The molecule has 0 fully saturated rings. The second-order valence-electron chi connectivity index (χ2n) is 4.33. The van der Waals surface area contributed by atoms with E-state index in [0.717, 1.165) is 12.1 Å². The molecule has 0 heterocycles. The van der Waals surface area contributed by atoms with Gasteiger partial charge in [-0.25, -0.2) is 4.99 Å². The summed E-state index contributed by atoms with van der Waals surface area (Å²) in [6.07, 6.45) is 10.1. The molecule has 0 radical (unpaired) electrons. The van der Waals surface area contributed by atoms with Crippen LogP contribution in [0, 0.1) is 11.5 Å². The molecular formula is C15H21N3S. The fourth-order valence-electron chi connectivity index (χ4n) is 1.78. The van der Waals surface area contributed by atoms with Crippen molar-refractivity contribution in [2.24, 2.45) is 4.99 Å². The number of rotatable bonds is 6. The number of aryl methyl sites for hydroxylation is 1. The van der Waals surface area contributed by atoms with Crippen LogP contribution in [0.4, 0.5) is 5.69 Å². The van der Waals surface area contributed by atoms with Crippen LogP contribution in [0.1, 0.15) is 38.2 Å². The van der Waals surface area contributed by atoms with Crippen molar-refractivity contribution in [3.05, 3.63) is 29.8 Å². The van der Waals surface area contributed by atoms with E-state index >= 15 is 0 Å². The molecule has 0 aliphatic carbocycles. The van der Waals surface area contributed by atoms with Gasteiger partial charge in [-0.3, -0.25) is 5.32 Å². The van der Waals surface area contributed by atoms with Crippen LogP contribution in [0.25, 0.3) is 0 Å². The van der Waals surface area contributed by atoms with E-state index in [9.17, 15) is 0 Å². The summed E-state index contributed by atoms with van der Waals surface area (Å²) in [5.41, 5.74) is 2.23. The number of nitriles is 1. The van der Waals surface area contributed by atoms with Crippen molar-refractivity contribution >= 4 is 22.6 Å². The van der Waals surface area contributed by atoms with Crippen molar-refractivity contribution in [2.75, 3.05) is 6.26 Å². The van der Waals surface area contributed by atoms with Crippen LogP contribution in [0.15, 0.2) is 29.3 Å². The van der Waals surface area contributed by atoms with E-state index in [2.05, 4.69) is 29.4 Å². The summed E-state index contributed by atoms with van der Waals surface area (Å²) in [4.78, 5) is 4.36. The number of unbranched alkanes of at least 4 members (excludes halogenated alkanes) is 3. The number of hydrogen-bond acceptors (Lipinski definition) is 3. The SMILES string of the molecule is CCCCCCc1ccc(N=C(NC#N)SC)cc1. The average molecular weight is 275 g/mol. The van der Waals surface area contributed by atoms with Crippen molar-refractivity contribution < 1.29 is 0 Å². The summed E-state index contributed by atoms with van der Waals surface area (Å²) in [7, 11) is 0. The van der Waals surface area contributed by atoms with Gasteiger partial charge in [-0.15, -0.1) is 0 Å². The van der Waals surface area contributed by atoms with Gasteiger partial charge in [-0.1, -0.05) is 50.1 Å². The molecule has 0 spiro atoms. The Morgan fingerprint density at radius 1 is 1.26 bits per heavy atom. The number of hydrogen-bond donors (Lipinski definition) is 1. The third-order valence-electron chi connectivity index (χ3n) is 2.84. The van der Waals surface area contributed by atoms with Crippen LogP contribution >= 0.6 is 11.8 Å². The van der Waals surface area contributed by atoms with Crippen molar-refractivity contribution in [1.29, 1.82) is 5.26 Å². The Hall–Kier alpha value is -1.47. The number of nitrogens with one attached hydrogen (secondary N) is 1. The lowest BCUT2D eigenvalue weighted by Crippen LogP contribution is -2.12. The molecule has 0 unspecified atom stereocenters. The summed E-state index contributed by atoms with van der Waals surface area (Å²) in [6, 6.07) is 8.25. The standard InChI is InChI=1S/C15H21N3S/c1-3-4-5-6-7-13-8-10-14(11-9-13)18-15(19-2)17-12-16/h8-11H,3-7H2,1-2H3,(H,17,18). The molecule has 0 aliphatic heterocycles. The quantitative estimate of drug-likeness (QED) is 0.278. The summed E-state index contributed by atoms with van der Waals surface area (Å²) in [5.74, 6) is 0. The van der Waals surface area contributed by atoms with E-state index < -0.39 is 0 Å². The van der Waals surface area contributed by atoms with Crippen molar-refractivity contribution in [2.45, 2.75) is 39.0 Å². The van der Waals surface area contributed by atoms with Crippen molar-refractivity contribution in [3.8, 4) is 6.19 Å². The van der Waals surface area contributed by atoms with Crippen LogP contribution in [0.5, 0.6) is 0 Å². The highest BCUT2D eigenvalue weighted by atomic mass is 32.2. The Bertz CT molecular complexity index is 432. The number of aliphatic imine (C=N–C) groups is 1. The number of benzene rings is 1. The predicted molar refractivity (Wildman–Crippen MR) is 83.6 cm³/mol. The third kappa shape index (κ3) is 6.30. The lowest BCUT2D eigenvalue weighted by Gasteiger charge is -2.03. The fraction of sp³-hybridized carbons (Fsp3) is 0.467. The number of thioether (sulfide) groups is 1. The maximum absolute atomic E-state index is 8.58. The lowest BCUT2D eigenvalue weighted by molar-refractivity contribution is 0.667. The topological polar surface area (TPSA) is 48.2 Å². The lowest BCUT2D eigenvalue weighted by atomic mass is 10.1. The van der Waals surface area contributed by atoms with Crippen molar-refractivity contribution in [3.63, 3.8) is 0 Å². The highest BCUT2D eigenvalue weighted by molar-refractivity contribution is 8.13. The fourth-order valence-corrected chi connectivity index (χ4v) is 2.13. The zero-order valence-corrected chi connectivity index (χ0v) is 12.5. The van der Waals surface area contributed by atoms with Gasteiger partial charge in [0.15, 0.2) is 11.4 Å². The summed E-state index contributed by atoms with van der Waals surface area (Å²) >= 11 is 1.43. The predicted octanol–water partition coefficient (Wildman–Crippen LogP) is 4.23. The molecule has 0 saturated carbocycles. The van der Waals surface area contributed by atoms with Gasteiger partial charge in [0.1, 0.15) is 0 Å². The van der Waals surface area contributed by atoms with Gasteiger partial charge >= 0.3 is 0 Å². The third-order valence-corrected chi connectivity index (χ3v) is 3.42. The highest BCUT2D eigenvalue weighted by Crippen LogP contribution is 2.16. The molecule has 0 aromatic heterocycles. The Balaban J connectivity index is 2.54. The van der Waals surface area contributed by atoms with E-state index in [1.54, 1.807) is 0 Å². The molecular weight excluding hydrogens is 254 g/mol. The van der Waals surface area contributed by atoms with Crippen LogP contribution in [-0.2, 0) is 6.42 Å². The molecule has 0 aliphatic rings. The smallest absolute Gasteiger partial charge is 0.183 e. The van der Waals surface area contributed by atoms with Crippen molar-refractivity contribution in [1.82, 2.24) is 5.32 Å². The summed E-state index contributed by atoms with van der Waals surface area (Å²) in [6.45, 7) is 2.23. The monoisotopic (exact) mass is 275 g/mol. The van der Waals surface area contributed by atoms with E-state index in [0.29, 0.717) is 5.17 Å². The van der Waals surface area contributed by atoms with Gasteiger partial charge in [-0.2, -0.15) is 5.26 Å². The minimum atomic E-state index is 0.623.